The largest absolute Gasteiger partial charge is 0.464 e. The molecule has 2 nitrogen and oxygen atoms in total. The molecular formula is C14H12BrFO2. The Bertz CT molecular complexity index is 502. The summed E-state index contributed by atoms with van der Waals surface area (Å²) >= 11 is 3.25. The van der Waals surface area contributed by atoms with Crippen LogP contribution in [0.1, 0.15) is 5.56 Å². The van der Waals surface area contributed by atoms with Gasteiger partial charge < -0.3 is 9.47 Å². The van der Waals surface area contributed by atoms with Gasteiger partial charge in [0.1, 0.15) is 0 Å². The Morgan fingerprint density at radius 1 is 1.06 bits per heavy atom. The predicted molar refractivity (Wildman–Crippen MR) is 70.8 cm³/mol. The monoisotopic (exact) mass is 310 g/mol. The standard InChI is InChI=1S/C14H12BrFO2/c15-12-6-7-13(16)14(8-12)18-10-17-9-11-4-2-1-3-5-11/h1-8H,9-10H2. The number of benzene rings is 2. The molecule has 0 saturated heterocycles. The minimum absolute atomic E-state index is 0.0161. The van der Waals surface area contributed by atoms with Crippen LogP contribution in [-0.2, 0) is 11.3 Å². The van der Waals surface area contributed by atoms with Crippen molar-refractivity contribution in [2.24, 2.45) is 0 Å². The lowest BCUT2D eigenvalue weighted by Gasteiger charge is -2.08. The van der Waals surface area contributed by atoms with Gasteiger partial charge in [-0.2, -0.15) is 0 Å². The highest BCUT2D eigenvalue weighted by atomic mass is 79.9. The van der Waals surface area contributed by atoms with Gasteiger partial charge in [0.15, 0.2) is 18.4 Å². The Morgan fingerprint density at radius 2 is 1.83 bits per heavy atom. The first-order valence-corrected chi connectivity index (χ1v) is 6.24. The van der Waals surface area contributed by atoms with E-state index in [0.717, 1.165) is 10.0 Å². The van der Waals surface area contributed by atoms with Crippen molar-refractivity contribution in [1.29, 1.82) is 0 Å². The lowest BCUT2D eigenvalue weighted by Crippen LogP contribution is -2.04. The molecular weight excluding hydrogens is 299 g/mol. The summed E-state index contributed by atoms with van der Waals surface area (Å²) in [5.41, 5.74) is 1.05. The molecule has 0 aliphatic rings. The van der Waals surface area contributed by atoms with E-state index in [1.54, 1.807) is 12.1 Å². The van der Waals surface area contributed by atoms with Crippen molar-refractivity contribution in [3.05, 3.63) is 64.4 Å². The van der Waals surface area contributed by atoms with Crippen molar-refractivity contribution in [2.45, 2.75) is 6.61 Å². The van der Waals surface area contributed by atoms with Crippen molar-refractivity contribution in [3.63, 3.8) is 0 Å². The molecule has 2 aromatic rings. The summed E-state index contributed by atoms with van der Waals surface area (Å²) in [5.74, 6) is -0.223. The van der Waals surface area contributed by atoms with E-state index in [2.05, 4.69) is 15.9 Å². The average molecular weight is 311 g/mol. The van der Waals surface area contributed by atoms with Gasteiger partial charge in [0.05, 0.1) is 6.61 Å². The fraction of sp³-hybridized carbons (Fsp3) is 0.143. The maximum atomic E-state index is 13.3. The summed E-state index contributed by atoms with van der Waals surface area (Å²) in [6.07, 6.45) is 0. The van der Waals surface area contributed by atoms with Crippen molar-refractivity contribution in [1.82, 2.24) is 0 Å². The van der Waals surface area contributed by atoms with Crippen molar-refractivity contribution >= 4 is 15.9 Å². The van der Waals surface area contributed by atoms with Crippen molar-refractivity contribution in [2.75, 3.05) is 6.79 Å². The van der Waals surface area contributed by atoms with E-state index in [1.165, 1.54) is 6.07 Å². The zero-order valence-electron chi connectivity index (χ0n) is 9.61. The Balaban J connectivity index is 1.80. The number of ether oxygens (including phenoxy) is 2. The molecule has 2 aromatic carbocycles. The van der Waals surface area contributed by atoms with Crippen LogP contribution in [0, 0.1) is 5.82 Å². The van der Waals surface area contributed by atoms with Crippen LogP contribution in [-0.4, -0.2) is 6.79 Å². The minimum Gasteiger partial charge on any atom is -0.464 e. The maximum Gasteiger partial charge on any atom is 0.189 e. The summed E-state index contributed by atoms with van der Waals surface area (Å²) in [6, 6.07) is 14.3. The lowest BCUT2D eigenvalue weighted by molar-refractivity contribution is 0.00299. The van der Waals surface area contributed by atoms with Crippen LogP contribution >= 0.6 is 15.9 Å². The van der Waals surface area contributed by atoms with E-state index in [-0.39, 0.29) is 12.5 Å². The van der Waals surface area contributed by atoms with Gasteiger partial charge in [-0.1, -0.05) is 46.3 Å². The molecule has 0 unspecified atom stereocenters. The van der Waals surface area contributed by atoms with Crippen LogP contribution in [0.2, 0.25) is 0 Å². The van der Waals surface area contributed by atoms with Crippen LogP contribution in [0.4, 0.5) is 4.39 Å². The predicted octanol–water partition coefficient (Wildman–Crippen LogP) is 4.14. The zero-order chi connectivity index (χ0) is 12.8. The molecule has 2 rings (SSSR count). The Hall–Kier alpha value is -1.39. The van der Waals surface area contributed by atoms with Gasteiger partial charge in [0, 0.05) is 4.47 Å². The second-order valence-corrected chi connectivity index (χ2v) is 4.59. The quantitative estimate of drug-likeness (QED) is 0.610. The minimum atomic E-state index is -0.401. The average Bonchev–Trinajstić information content (AvgIpc) is 2.40. The summed E-state index contributed by atoms with van der Waals surface area (Å²) < 4.78 is 24.6. The van der Waals surface area contributed by atoms with Crippen LogP contribution in [0.3, 0.4) is 0 Å². The van der Waals surface area contributed by atoms with Crippen LogP contribution in [0.15, 0.2) is 53.0 Å². The third kappa shape index (κ3) is 3.82. The van der Waals surface area contributed by atoms with Gasteiger partial charge in [-0.15, -0.1) is 0 Å². The van der Waals surface area contributed by atoms with Crippen molar-refractivity contribution < 1.29 is 13.9 Å². The van der Waals surface area contributed by atoms with Gasteiger partial charge in [-0.05, 0) is 23.8 Å². The summed E-state index contributed by atoms with van der Waals surface area (Å²) in [5, 5.41) is 0. The van der Waals surface area contributed by atoms with Gasteiger partial charge in [-0.3, -0.25) is 0 Å². The second-order valence-electron chi connectivity index (χ2n) is 3.67. The molecule has 0 spiro atoms. The molecule has 4 heteroatoms. The Morgan fingerprint density at radius 3 is 2.61 bits per heavy atom. The number of rotatable bonds is 5. The molecule has 0 aliphatic carbocycles. The summed E-state index contributed by atoms with van der Waals surface area (Å²) in [6.45, 7) is 0.457. The fourth-order valence-corrected chi connectivity index (χ4v) is 1.77. The fourth-order valence-electron chi connectivity index (χ4n) is 1.43. The number of halogens is 2. The van der Waals surface area contributed by atoms with E-state index in [1.807, 2.05) is 30.3 Å². The molecule has 0 radical (unpaired) electrons. The van der Waals surface area contributed by atoms with Crippen LogP contribution < -0.4 is 4.74 Å². The third-order valence-electron chi connectivity index (χ3n) is 2.30. The highest BCUT2D eigenvalue weighted by molar-refractivity contribution is 9.10. The Kier molecular flexibility index (Phi) is 4.73. The normalized spacial score (nSPS) is 10.3. The smallest absolute Gasteiger partial charge is 0.189 e. The van der Waals surface area contributed by atoms with Gasteiger partial charge in [0.2, 0.25) is 0 Å². The van der Waals surface area contributed by atoms with E-state index < -0.39 is 5.82 Å². The maximum absolute atomic E-state index is 13.3. The second kappa shape index (κ2) is 6.52. The van der Waals surface area contributed by atoms with E-state index in [0.29, 0.717) is 6.61 Å². The highest BCUT2D eigenvalue weighted by Crippen LogP contribution is 2.22. The first kappa shape index (κ1) is 13.1. The zero-order valence-corrected chi connectivity index (χ0v) is 11.2. The molecule has 0 heterocycles. The lowest BCUT2D eigenvalue weighted by atomic mass is 10.2. The van der Waals surface area contributed by atoms with Gasteiger partial charge in [0.25, 0.3) is 0 Å². The van der Waals surface area contributed by atoms with Gasteiger partial charge >= 0.3 is 0 Å². The van der Waals surface area contributed by atoms with Crippen molar-refractivity contribution in [3.8, 4) is 5.75 Å². The molecule has 0 fully saturated rings. The van der Waals surface area contributed by atoms with Crippen LogP contribution in [0.5, 0.6) is 5.75 Å². The van der Waals surface area contributed by atoms with Crippen LogP contribution in [0.25, 0.3) is 0 Å². The number of hydrogen-bond donors (Lipinski definition) is 0. The molecule has 0 saturated carbocycles. The van der Waals surface area contributed by atoms with E-state index in [4.69, 9.17) is 9.47 Å². The molecule has 94 valence electrons. The van der Waals surface area contributed by atoms with E-state index >= 15 is 0 Å². The topological polar surface area (TPSA) is 18.5 Å². The summed E-state index contributed by atoms with van der Waals surface area (Å²) in [7, 11) is 0. The summed E-state index contributed by atoms with van der Waals surface area (Å²) in [4.78, 5) is 0. The molecule has 0 aromatic heterocycles. The molecule has 0 N–H and O–H groups in total. The molecule has 18 heavy (non-hydrogen) atoms. The molecule has 0 bridgehead atoms. The van der Waals surface area contributed by atoms with E-state index in [9.17, 15) is 4.39 Å². The molecule has 0 aliphatic heterocycles. The first-order valence-electron chi connectivity index (χ1n) is 5.45. The first-order chi connectivity index (χ1) is 8.75. The SMILES string of the molecule is Fc1ccc(Br)cc1OCOCc1ccccc1. The molecule has 0 atom stereocenters. The third-order valence-corrected chi connectivity index (χ3v) is 2.80. The highest BCUT2D eigenvalue weighted by Gasteiger charge is 2.03. The number of hydrogen-bond acceptors (Lipinski definition) is 2. The molecule has 0 amide bonds. The Labute approximate surface area is 113 Å². The van der Waals surface area contributed by atoms with Gasteiger partial charge in [-0.25, -0.2) is 4.39 Å².